The number of rotatable bonds is 4. The fraction of sp³-hybridized carbons (Fsp3) is 0.294. The summed E-state index contributed by atoms with van der Waals surface area (Å²) in [5.74, 6) is -2.04. The van der Waals surface area contributed by atoms with Crippen LogP contribution < -0.4 is 16.1 Å². The SMILES string of the molecule is Cc1ccc2oc(C(=O)OCC(=O)NC(=O)NC3CC3)cc(=O)c2c1. The normalized spacial score (nSPS) is 13.3. The van der Waals surface area contributed by atoms with E-state index in [9.17, 15) is 19.2 Å². The molecule has 1 aromatic heterocycles. The Morgan fingerprint density at radius 1 is 1.24 bits per heavy atom. The number of fused-ring (bicyclic) bond motifs is 1. The van der Waals surface area contributed by atoms with Gasteiger partial charge < -0.3 is 14.5 Å². The van der Waals surface area contributed by atoms with Crippen molar-refractivity contribution in [1.82, 2.24) is 10.6 Å². The van der Waals surface area contributed by atoms with Crippen LogP contribution in [0.1, 0.15) is 29.0 Å². The van der Waals surface area contributed by atoms with Gasteiger partial charge >= 0.3 is 12.0 Å². The summed E-state index contributed by atoms with van der Waals surface area (Å²) in [4.78, 5) is 47.0. The smallest absolute Gasteiger partial charge is 0.374 e. The number of ether oxygens (including phenoxy) is 1. The van der Waals surface area contributed by atoms with Gasteiger partial charge in [-0.2, -0.15) is 0 Å². The first-order chi connectivity index (χ1) is 11.9. The van der Waals surface area contributed by atoms with Crippen LogP contribution in [0.15, 0.2) is 33.5 Å². The Labute approximate surface area is 142 Å². The van der Waals surface area contributed by atoms with Crippen molar-refractivity contribution in [3.05, 3.63) is 45.8 Å². The number of imide groups is 1. The predicted molar refractivity (Wildman–Crippen MR) is 87.2 cm³/mol. The molecule has 1 aromatic carbocycles. The summed E-state index contributed by atoms with van der Waals surface area (Å²) in [6.45, 7) is 1.17. The van der Waals surface area contributed by atoms with Gasteiger partial charge in [0.15, 0.2) is 12.0 Å². The highest BCUT2D eigenvalue weighted by atomic mass is 16.5. The molecule has 3 rings (SSSR count). The maximum Gasteiger partial charge on any atom is 0.374 e. The molecule has 8 heteroatoms. The number of carbonyl (C=O) groups is 3. The molecular weight excluding hydrogens is 328 g/mol. The minimum atomic E-state index is -0.961. The summed E-state index contributed by atoms with van der Waals surface area (Å²) >= 11 is 0. The van der Waals surface area contributed by atoms with Crippen LogP contribution in [0.3, 0.4) is 0 Å². The number of amides is 3. The molecule has 130 valence electrons. The van der Waals surface area contributed by atoms with Crippen LogP contribution >= 0.6 is 0 Å². The zero-order valence-corrected chi connectivity index (χ0v) is 13.5. The topological polar surface area (TPSA) is 115 Å². The number of benzene rings is 1. The average Bonchev–Trinajstić information content (AvgIpc) is 3.36. The van der Waals surface area contributed by atoms with Crippen LogP contribution in [-0.4, -0.2) is 30.6 Å². The Hall–Kier alpha value is -3.16. The molecule has 1 heterocycles. The molecule has 0 aliphatic heterocycles. The zero-order valence-electron chi connectivity index (χ0n) is 13.5. The fourth-order valence-corrected chi connectivity index (χ4v) is 2.18. The first-order valence-corrected chi connectivity index (χ1v) is 7.74. The van der Waals surface area contributed by atoms with Gasteiger partial charge in [0, 0.05) is 12.1 Å². The van der Waals surface area contributed by atoms with Crippen molar-refractivity contribution in [2.75, 3.05) is 6.61 Å². The second-order valence-electron chi connectivity index (χ2n) is 5.85. The number of esters is 1. The van der Waals surface area contributed by atoms with E-state index in [0.717, 1.165) is 24.5 Å². The average molecular weight is 344 g/mol. The van der Waals surface area contributed by atoms with E-state index >= 15 is 0 Å². The molecule has 25 heavy (non-hydrogen) atoms. The van der Waals surface area contributed by atoms with Crippen molar-refractivity contribution < 1.29 is 23.5 Å². The minimum Gasteiger partial charge on any atom is -0.450 e. The van der Waals surface area contributed by atoms with Crippen molar-refractivity contribution in [1.29, 1.82) is 0 Å². The molecule has 3 amide bonds. The maximum absolute atomic E-state index is 12.0. The van der Waals surface area contributed by atoms with Crippen molar-refractivity contribution >= 4 is 28.9 Å². The van der Waals surface area contributed by atoms with Gasteiger partial charge in [0.25, 0.3) is 5.91 Å². The Morgan fingerprint density at radius 3 is 2.72 bits per heavy atom. The predicted octanol–water partition coefficient (Wildman–Crippen LogP) is 1.25. The van der Waals surface area contributed by atoms with E-state index in [1.807, 2.05) is 12.2 Å². The van der Waals surface area contributed by atoms with E-state index in [2.05, 4.69) is 5.32 Å². The van der Waals surface area contributed by atoms with E-state index in [1.165, 1.54) is 0 Å². The van der Waals surface area contributed by atoms with Crippen LogP contribution in [-0.2, 0) is 9.53 Å². The number of aryl methyl sites for hydroxylation is 1. The molecule has 0 saturated heterocycles. The third-order valence-corrected chi connectivity index (χ3v) is 3.58. The number of carbonyl (C=O) groups excluding carboxylic acids is 3. The molecule has 2 aromatic rings. The Balaban J connectivity index is 1.61. The van der Waals surface area contributed by atoms with Crippen LogP contribution in [0.25, 0.3) is 11.0 Å². The summed E-state index contributed by atoms with van der Waals surface area (Å²) in [6, 6.07) is 5.47. The zero-order chi connectivity index (χ0) is 18.0. The van der Waals surface area contributed by atoms with E-state index in [0.29, 0.717) is 5.39 Å². The van der Waals surface area contributed by atoms with Gasteiger partial charge in [0.1, 0.15) is 5.58 Å². The van der Waals surface area contributed by atoms with Gasteiger partial charge in [-0.1, -0.05) is 11.6 Å². The second-order valence-corrected chi connectivity index (χ2v) is 5.85. The fourth-order valence-electron chi connectivity index (χ4n) is 2.18. The first-order valence-electron chi connectivity index (χ1n) is 7.74. The van der Waals surface area contributed by atoms with E-state index in [-0.39, 0.29) is 22.8 Å². The molecule has 1 saturated carbocycles. The molecule has 0 bridgehead atoms. The Bertz CT molecular complexity index is 913. The van der Waals surface area contributed by atoms with E-state index in [4.69, 9.17) is 9.15 Å². The minimum absolute atomic E-state index is 0.103. The van der Waals surface area contributed by atoms with Crippen molar-refractivity contribution in [3.63, 3.8) is 0 Å². The molecule has 0 radical (unpaired) electrons. The molecule has 8 nitrogen and oxygen atoms in total. The largest absolute Gasteiger partial charge is 0.450 e. The third-order valence-electron chi connectivity index (χ3n) is 3.58. The molecule has 0 spiro atoms. The lowest BCUT2D eigenvalue weighted by molar-refractivity contribution is -0.123. The van der Waals surface area contributed by atoms with Crippen LogP contribution in [0, 0.1) is 6.92 Å². The Morgan fingerprint density at radius 2 is 2.00 bits per heavy atom. The molecule has 1 aliphatic rings. The van der Waals surface area contributed by atoms with Crippen LogP contribution in [0.4, 0.5) is 4.79 Å². The van der Waals surface area contributed by atoms with Crippen LogP contribution in [0.2, 0.25) is 0 Å². The summed E-state index contributed by atoms with van der Waals surface area (Å²) in [7, 11) is 0. The summed E-state index contributed by atoms with van der Waals surface area (Å²) in [5, 5.41) is 4.96. The lowest BCUT2D eigenvalue weighted by atomic mass is 10.1. The highest BCUT2D eigenvalue weighted by molar-refractivity contribution is 5.97. The molecule has 0 atom stereocenters. The van der Waals surface area contributed by atoms with Gasteiger partial charge in [0.2, 0.25) is 5.76 Å². The summed E-state index contributed by atoms with van der Waals surface area (Å²) in [5.41, 5.74) is 0.750. The van der Waals surface area contributed by atoms with Crippen LogP contribution in [0.5, 0.6) is 0 Å². The first kappa shape index (κ1) is 16.7. The van der Waals surface area contributed by atoms with Crippen molar-refractivity contribution in [3.8, 4) is 0 Å². The molecule has 1 aliphatic carbocycles. The highest BCUT2D eigenvalue weighted by Crippen LogP contribution is 2.18. The van der Waals surface area contributed by atoms with Crippen molar-refractivity contribution in [2.24, 2.45) is 0 Å². The highest BCUT2D eigenvalue weighted by Gasteiger charge is 2.24. The van der Waals surface area contributed by atoms with Gasteiger partial charge in [0.05, 0.1) is 5.39 Å². The number of nitrogens with one attached hydrogen (secondary N) is 2. The lowest BCUT2D eigenvalue weighted by Crippen LogP contribution is -2.42. The quantitative estimate of drug-likeness (QED) is 0.807. The Kier molecular flexibility index (Phi) is 4.51. The molecule has 2 N–H and O–H groups in total. The monoisotopic (exact) mass is 344 g/mol. The summed E-state index contributed by atoms with van der Waals surface area (Å²) in [6.07, 6.45) is 1.77. The van der Waals surface area contributed by atoms with Crippen molar-refractivity contribution in [2.45, 2.75) is 25.8 Å². The van der Waals surface area contributed by atoms with E-state index in [1.54, 1.807) is 18.2 Å². The molecule has 1 fully saturated rings. The number of hydrogen-bond acceptors (Lipinski definition) is 6. The molecular formula is C17H16N2O6. The van der Waals surface area contributed by atoms with Gasteiger partial charge in [-0.3, -0.25) is 14.9 Å². The van der Waals surface area contributed by atoms with Gasteiger partial charge in [-0.25, -0.2) is 9.59 Å². The maximum atomic E-state index is 12.0. The lowest BCUT2D eigenvalue weighted by Gasteiger charge is -2.07. The van der Waals surface area contributed by atoms with Gasteiger partial charge in [-0.15, -0.1) is 0 Å². The standard InChI is InChI=1S/C17H16N2O6/c1-9-2-5-13-11(6-9)12(20)7-14(25-13)16(22)24-8-15(21)19-17(23)18-10-3-4-10/h2,5-7,10H,3-4,8H2,1H3,(H2,18,19,21,23). The number of urea groups is 1. The summed E-state index contributed by atoms with van der Waals surface area (Å²) < 4.78 is 10.1. The van der Waals surface area contributed by atoms with E-state index < -0.39 is 24.5 Å². The number of hydrogen-bond donors (Lipinski definition) is 2. The third kappa shape index (κ3) is 4.23. The second kappa shape index (κ2) is 6.76. The van der Waals surface area contributed by atoms with Gasteiger partial charge in [-0.05, 0) is 31.9 Å². The molecule has 0 unspecified atom stereocenters.